The number of ether oxygens (including phenoxy) is 1. The third kappa shape index (κ3) is 3.55. The molecule has 1 spiro atoms. The summed E-state index contributed by atoms with van der Waals surface area (Å²) >= 11 is 0. The highest BCUT2D eigenvalue weighted by molar-refractivity contribution is 5.94. The number of hydrogen-bond donors (Lipinski definition) is 2. The Morgan fingerprint density at radius 2 is 2.06 bits per heavy atom. The van der Waals surface area contributed by atoms with E-state index >= 15 is 0 Å². The van der Waals surface area contributed by atoms with Gasteiger partial charge in [0.25, 0.3) is 0 Å². The standard InChI is InChI=1S/C27H30FN7O/c1-16(2)19-6-4-5-18(22(19)28)7-8-20-21-24(33-32-20)31-26(35-14-11-30-25(21)35)34-12-9-27(10-13-34)15-36-17(3)23(27)29/h4-6,11,14,16-17,23H,9-10,12-13,15,29H2,1-3H3,(H,32,33)/t17-,23+/m0/s1. The molecule has 0 aliphatic carbocycles. The normalized spacial score (nSPS) is 21.6. The lowest BCUT2D eigenvalue weighted by Gasteiger charge is -2.41. The number of H-pyrrole nitrogens is 1. The van der Waals surface area contributed by atoms with Gasteiger partial charge < -0.3 is 15.4 Å². The molecule has 186 valence electrons. The molecular formula is C27H30FN7O. The second-order valence-electron chi connectivity index (χ2n) is 10.3. The zero-order valence-corrected chi connectivity index (χ0v) is 20.8. The molecule has 0 radical (unpaired) electrons. The van der Waals surface area contributed by atoms with Crippen LogP contribution in [0.4, 0.5) is 10.3 Å². The summed E-state index contributed by atoms with van der Waals surface area (Å²) in [4.78, 5) is 11.8. The fourth-order valence-electron chi connectivity index (χ4n) is 5.59. The van der Waals surface area contributed by atoms with Gasteiger partial charge in [0.1, 0.15) is 11.5 Å². The van der Waals surface area contributed by atoms with Gasteiger partial charge in [0.2, 0.25) is 5.95 Å². The number of rotatable bonds is 2. The molecule has 3 aromatic heterocycles. The van der Waals surface area contributed by atoms with Crippen molar-refractivity contribution in [1.82, 2.24) is 24.6 Å². The number of anilines is 1. The lowest BCUT2D eigenvalue weighted by molar-refractivity contribution is 0.0973. The Balaban J connectivity index is 1.34. The second kappa shape index (κ2) is 8.57. The molecule has 36 heavy (non-hydrogen) atoms. The van der Waals surface area contributed by atoms with Gasteiger partial charge in [-0.15, -0.1) is 0 Å². The molecule has 2 saturated heterocycles. The Bertz CT molecular complexity index is 1500. The molecule has 9 heteroatoms. The molecule has 0 amide bonds. The molecular weight excluding hydrogens is 457 g/mol. The van der Waals surface area contributed by atoms with Gasteiger partial charge in [-0.2, -0.15) is 10.1 Å². The fraction of sp³-hybridized carbons (Fsp3) is 0.444. The Hall–Kier alpha value is -3.48. The highest BCUT2D eigenvalue weighted by Gasteiger charge is 2.47. The first kappa shape index (κ1) is 23.0. The Kier molecular flexibility index (Phi) is 5.47. The van der Waals surface area contributed by atoms with E-state index in [4.69, 9.17) is 15.5 Å². The van der Waals surface area contributed by atoms with Crippen LogP contribution in [0.2, 0.25) is 0 Å². The first-order valence-corrected chi connectivity index (χ1v) is 12.5. The third-order valence-electron chi connectivity index (χ3n) is 7.89. The van der Waals surface area contributed by atoms with E-state index in [1.807, 2.05) is 30.5 Å². The van der Waals surface area contributed by atoms with Crippen molar-refractivity contribution in [2.24, 2.45) is 11.1 Å². The molecule has 2 aliphatic rings. The average molecular weight is 488 g/mol. The molecule has 2 fully saturated rings. The number of imidazole rings is 1. The molecule has 6 rings (SSSR count). The molecule has 2 atom stereocenters. The summed E-state index contributed by atoms with van der Waals surface area (Å²) in [5, 5.41) is 8.14. The summed E-state index contributed by atoms with van der Waals surface area (Å²) in [6, 6.07) is 5.38. The smallest absolute Gasteiger partial charge is 0.213 e. The molecule has 4 aromatic rings. The number of fused-ring (bicyclic) bond motifs is 3. The van der Waals surface area contributed by atoms with Gasteiger partial charge in [-0.05, 0) is 43.2 Å². The molecule has 3 N–H and O–H groups in total. The van der Waals surface area contributed by atoms with Crippen molar-refractivity contribution in [3.05, 3.63) is 53.2 Å². The number of nitrogens with two attached hydrogens (primary N) is 1. The summed E-state index contributed by atoms with van der Waals surface area (Å²) in [6.07, 6.45) is 5.66. The second-order valence-corrected chi connectivity index (χ2v) is 10.3. The first-order valence-electron chi connectivity index (χ1n) is 12.5. The average Bonchev–Trinajstić information content (AvgIpc) is 3.58. The van der Waals surface area contributed by atoms with Crippen LogP contribution in [0.15, 0.2) is 30.6 Å². The summed E-state index contributed by atoms with van der Waals surface area (Å²) in [6.45, 7) is 8.38. The van der Waals surface area contributed by atoms with Gasteiger partial charge in [-0.3, -0.25) is 9.50 Å². The van der Waals surface area contributed by atoms with Crippen LogP contribution in [0.3, 0.4) is 0 Å². The van der Waals surface area contributed by atoms with Crippen molar-refractivity contribution in [2.75, 3.05) is 24.6 Å². The van der Waals surface area contributed by atoms with E-state index in [1.165, 1.54) is 0 Å². The Labute approximate surface area is 209 Å². The molecule has 0 unspecified atom stereocenters. The molecule has 0 bridgehead atoms. The van der Waals surface area contributed by atoms with Crippen LogP contribution in [0.5, 0.6) is 0 Å². The van der Waals surface area contributed by atoms with Crippen LogP contribution in [0.1, 0.15) is 56.4 Å². The molecule has 1 aromatic carbocycles. The van der Waals surface area contributed by atoms with Crippen molar-refractivity contribution in [3.63, 3.8) is 0 Å². The van der Waals surface area contributed by atoms with Crippen LogP contribution in [-0.4, -0.2) is 56.4 Å². The number of aromatic nitrogens is 5. The van der Waals surface area contributed by atoms with E-state index in [2.05, 4.69) is 38.8 Å². The van der Waals surface area contributed by atoms with E-state index in [-0.39, 0.29) is 29.3 Å². The number of halogens is 1. The molecule has 2 aliphatic heterocycles. The number of benzene rings is 1. The highest BCUT2D eigenvalue weighted by Crippen LogP contribution is 2.42. The van der Waals surface area contributed by atoms with Gasteiger partial charge >= 0.3 is 0 Å². The van der Waals surface area contributed by atoms with Crippen LogP contribution >= 0.6 is 0 Å². The van der Waals surface area contributed by atoms with Crippen molar-refractivity contribution in [3.8, 4) is 11.8 Å². The Morgan fingerprint density at radius 3 is 2.78 bits per heavy atom. The predicted molar refractivity (Wildman–Crippen MR) is 136 cm³/mol. The van der Waals surface area contributed by atoms with Crippen molar-refractivity contribution in [2.45, 2.75) is 51.7 Å². The molecule has 5 heterocycles. The minimum absolute atomic E-state index is 0.0347. The largest absolute Gasteiger partial charge is 0.376 e. The predicted octanol–water partition coefficient (Wildman–Crippen LogP) is 3.60. The summed E-state index contributed by atoms with van der Waals surface area (Å²) in [7, 11) is 0. The minimum atomic E-state index is -0.282. The van der Waals surface area contributed by atoms with Crippen molar-refractivity contribution < 1.29 is 9.13 Å². The summed E-state index contributed by atoms with van der Waals surface area (Å²) in [5.74, 6) is 6.62. The summed E-state index contributed by atoms with van der Waals surface area (Å²) in [5.41, 5.74) is 9.37. The van der Waals surface area contributed by atoms with Gasteiger partial charge in [-0.25, -0.2) is 9.37 Å². The van der Waals surface area contributed by atoms with E-state index in [1.54, 1.807) is 18.3 Å². The molecule has 0 saturated carbocycles. The van der Waals surface area contributed by atoms with Gasteiger partial charge in [-0.1, -0.05) is 31.9 Å². The van der Waals surface area contributed by atoms with Gasteiger partial charge in [0, 0.05) is 36.9 Å². The fourth-order valence-corrected chi connectivity index (χ4v) is 5.59. The number of aromatic amines is 1. The summed E-state index contributed by atoms with van der Waals surface area (Å²) < 4.78 is 22.8. The van der Waals surface area contributed by atoms with E-state index in [0.29, 0.717) is 22.5 Å². The van der Waals surface area contributed by atoms with Gasteiger partial charge in [0.05, 0.1) is 23.7 Å². The number of piperidine rings is 1. The topological polar surface area (TPSA) is 97.4 Å². The van der Waals surface area contributed by atoms with Crippen molar-refractivity contribution >= 4 is 22.6 Å². The quantitative estimate of drug-likeness (QED) is 0.420. The van der Waals surface area contributed by atoms with E-state index < -0.39 is 0 Å². The first-order chi connectivity index (χ1) is 17.4. The monoisotopic (exact) mass is 487 g/mol. The van der Waals surface area contributed by atoms with E-state index in [0.717, 1.165) is 49.5 Å². The maximum absolute atomic E-state index is 14.9. The third-order valence-corrected chi connectivity index (χ3v) is 7.89. The lowest BCUT2D eigenvalue weighted by Crippen LogP contribution is -2.51. The molecule has 8 nitrogen and oxygen atoms in total. The maximum atomic E-state index is 14.9. The van der Waals surface area contributed by atoms with Crippen LogP contribution in [0.25, 0.3) is 16.7 Å². The van der Waals surface area contributed by atoms with Crippen molar-refractivity contribution in [1.29, 1.82) is 0 Å². The zero-order chi connectivity index (χ0) is 25.0. The zero-order valence-electron chi connectivity index (χ0n) is 20.8. The van der Waals surface area contributed by atoms with E-state index in [9.17, 15) is 4.39 Å². The SMILES string of the molecule is CC(C)c1cccc(C#Cc2n[nH]c3nc(N4CCC5(CC4)CO[C@@H](C)[C@H]5N)n4ccnc4c23)c1F. The van der Waals surface area contributed by atoms with Crippen LogP contribution in [-0.2, 0) is 4.74 Å². The number of nitrogens with zero attached hydrogens (tertiary/aromatic N) is 5. The number of nitrogens with one attached hydrogen (secondary N) is 1. The van der Waals surface area contributed by atoms with Crippen LogP contribution < -0.4 is 10.6 Å². The maximum Gasteiger partial charge on any atom is 0.213 e. The Morgan fingerprint density at radius 1 is 1.25 bits per heavy atom. The highest BCUT2D eigenvalue weighted by atomic mass is 19.1. The minimum Gasteiger partial charge on any atom is -0.376 e. The number of hydrogen-bond acceptors (Lipinski definition) is 6. The van der Waals surface area contributed by atoms with Gasteiger partial charge in [0.15, 0.2) is 11.3 Å². The lowest BCUT2D eigenvalue weighted by atomic mass is 9.73. The van der Waals surface area contributed by atoms with Crippen LogP contribution in [0, 0.1) is 23.1 Å².